The molecule has 39 heavy (non-hydrogen) atoms. The fourth-order valence-electron chi connectivity index (χ4n) is 4.38. The van der Waals surface area contributed by atoms with Gasteiger partial charge in [0.1, 0.15) is 24.8 Å². The van der Waals surface area contributed by atoms with E-state index in [0.29, 0.717) is 19.4 Å². The Bertz CT molecular complexity index is 1130. The van der Waals surface area contributed by atoms with Crippen molar-refractivity contribution in [3.05, 3.63) is 59.7 Å². The van der Waals surface area contributed by atoms with E-state index >= 15 is 0 Å². The maximum atomic E-state index is 12.8. The van der Waals surface area contributed by atoms with E-state index in [1.165, 1.54) is 7.11 Å². The molecule has 0 unspecified atom stereocenters. The lowest BCUT2D eigenvalue weighted by Gasteiger charge is -2.20. The molecule has 3 rings (SSSR count). The Morgan fingerprint density at radius 1 is 0.872 bits per heavy atom. The van der Waals surface area contributed by atoms with Crippen LogP contribution in [0, 0.1) is 0 Å². The SMILES string of the molecule is COC(=O)CNC(=O)[C@H](CCCCNC(=O)OC(C)(C)C)NC(=O)OCC1c2ccccc2-c2ccccc21. The first kappa shape index (κ1) is 29.5. The Kier molecular flexibility index (Phi) is 10.3. The van der Waals surface area contributed by atoms with Crippen molar-refractivity contribution in [3.63, 3.8) is 0 Å². The third-order valence-corrected chi connectivity index (χ3v) is 6.17. The van der Waals surface area contributed by atoms with Gasteiger partial charge in [0.15, 0.2) is 0 Å². The molecule has 0 aliphatic heterocycles. The maximum Gasteiger partial charge on any atom is 0.407 e. The molecule has 2 aromatic rings. The number of carbonyl (C=O) groups is 4. The Hall–Kier alpha value is -4.08. The number of unbranched alkanes of at least 4 members (excludes halogenated alkanes) is 1. The molecule has 0 heterocycles. The summed E-state index contributed by atoms with van der Waals surface area (Å²) in [5.41, 5.74) is 3.79. The van der Waals surface area contributed by atoms with E-state index in [-0.39, 0.29) is 25.5 Å². The van der Waals surface area contributed by atoms with Crippen molar-refractivity contribution in [2.75, 3.05) is 26.8 Å². The summed E-state index contributed by atoms with van der Waals surface area (Å²) in [5, 5.41) is 7.76. The lowest BCUT2D eigenvalue weighted by atomic mass is 9.98. The van der Waals surface area contributed by atoms with E-state index < -0.39 is 35.7 Å². The fraction of sp³-hybridized carbons (Fsp3) is 0.448. The molecule has 0 spiro atoms. The summed E-state index contributed by atoms with van der Waals surface area (Å²) in [6.07, 6.45) is 0.0728. The molecule has 3 amide bonds. The molecule has 210 valence electrons. The zero-order valence-corrected chi connectivity index (χ0v) is 22.9. The summed E-state index contributed by atoms with van der Waals surface area (Å²) in [4.78, 5) is 48.8. The average Bonchev–Trinajstić information content (AvgIpc) is 3.22. The van der Waals surface area contributed by atoms with Crippen LogP contribution in [0.2, 0.25) is 0 Å². The highest BCUT2D eigenvalue weighted by molar-refractivity contribution is 5.88. The lowest BCUT2D eigenvalue weighted by molar-refractivity contribution is -0.141. The van der Waals surface area contributed by atoms with Gasteiger partial charge in [-0.3, -0.25) is 9.59 Å². The van der Waals surface area contributed by atoms with Crippen molar-refractivity contribution in [2.24, 2.45) is 0 Å². The van der Waals surface area contributed by atoms with Crippen LogP contribution in [0.1, 0.15) is 57.1 Å². The zero-order valence-electron chi connectivity index (χ0n) is 22.9. The number of carbonyl (C=O) groups excluding carboxylic acids is 4. The predicted octanol–water partition coefficient (Wildman–Crippen LogP) is 3.88. The highest BCUT2D eigenvalue weighted by Crippen LogP contribution is 2.44. The van der Waals surface area contributed by atoms with Gasteiger partial charge in [0.25, 0.3) is 0 Å². The van der Waals surface area contributed by atoms with Gasteiger partial charge in [-0.25, -0.2) is 9.59 Å². The van der Waals surface area contributed by atoms with Crippen LogP contribution in [-0.4, -0.2) is 62.5 Å². The molecule has 0 aromatic heterocycles. The Balaban J connectivity index is 1.55. The number of hydrogen-bond acceptors (Lipinski definition) is 7. The molecule has 1 aliphatic carbocycles. The van der Waals surface area contributed by atoms with E-state index in [4.69, 9.17) is 9.47 Å². The number of fused-ring (bicyclic) bond motifs is 3. The largest absolute Gasteiger partial charge is 0.468 e. The Morgan fingerprint density at radius 2 is 1.49 bits per heavy atom. The number of benzene rings is 2. The molecule has 10 nitrogen and oxygen atoms in total. The number of rotatable bonds is 11. The Labute approximate surface area is 228 Å². The van der Waals surface area contributed by atoms with Gasteiger partial charge in [-0.15, -0.1) is 0 Å². The second-order valence-corrected chi connectivity index (χ2v) is 10.2. The summed E-state index contributed by atoms with van der Waals surface area (Å²) >= 11 is 0. The highest BCUT2D eigenvalue weighted by atomic mass is 16.6. The summed E-state index contributed by atoms with van der Waals surface area (Å²) in [6.45, 7) is 5.46. The van der Waals surface area contributed by atoms with Crippen molar-refractivity contribution in [1.29, 1.82) is 0 Å². The van der Waals surface area contributed by atoms with Gasteiger partial charge in [0, 0.05) is 12.5 Å². The first-order valence-corrected chi connectivity index (χ1v) is 13.0. The van der Waals surface area contributed by atoms with E-state index in [1.807, 2.05) is 48.5 Å². The molecule has 2 aromatic carbocycles. The zero-order chi connectivity index (χ0) is 28.4. The number of amides is 3. The highest BCUT2D eigenvalue weighted by Gasteiger charge is 2.30. The summed E-state index contributed by atoms with van der Waals surface area (Å²) in [5.74, 6) is -1.26. The monoisotopic (exact) mass is 539 g/mol. The average molecular weight is 540 g/mol. The normalized spacial score (nSPS) is 12.9. The van der Waals surface area contributed by atoms with Gasteiger partial charge in [-0.05, 0) is 62.3 Å². The first-order chi connectivity index (χ1) is 18.6. The molecule has 1 atom stereocenters. The summed E-state index contributed by atoms with van der Waals surface area (Å²) in [7, 11) is 1.22. The van der Waals surface area contributed by atoms with E-state index in [9.17, 15) is 19.2 Å². The third-order valence-electron chi connectivity index (χ3n) is 6.17. The van der Waals surface area contributed by atoms with Crippen LogP contribution in [-0.2, 0) is 23.8 Å². The number of esters is 1. The number of alkyl carbamates (subject to hydrolysis) is 2. The van der Waals surface area contributed by atoms with Crippen molar-refractivity contribution >= 4 is 24.1 Å². The second kappa shape index (κ2) is 13.6. The van der Waals surface area contributed by atoms with E-state index in [2.05, 4.69) is 20.7 Å². The Morgan fingerprint density at radius 3 is 2.08 bits per heavy atom. The molecule has 0 bridgehead atoms. The number of ether oxygens (including phenoxy) is 3. The molecule has 1 aliphatic rings. The topological polar surface area (TPSA) is 132 Å². The lowest BCUT2D eigenvalue weighted by Crippen LogP contribution is -2.48. The van der Waals surface area contributed by atoms with Gasteiger partial charge < -0.3 is 30.2 Å². The van der Waals surface area contributed by atoms with Crippen LogP contribution in [0.25, 0.3) is 11.1 Å². The molecule has 0 radical (unpaired) electrons. The van der Waals surface area contributed by atoms with Crippen LogP contribution in [0.5, 0.6) is 0 Å². The summed E-state index contributed by atoms with van der Waals surface area (Å²) in [6, 6.07) is 15.1. The second-order valence-electron chi connectivity index (χ2n) is 10.2. The predicted molar refractivity (Wildman–Crippen MR) is 145 cm³/mol. The smallest absolute Gasteiger partial charge is 0.407 e. The number of hydrogen-bond donors (Lipinski definition) is 3. The van der Waals surface area contributed by atoms with Crippen molar-refractivity contribution in [2.45, 2.75) is 57.6 Å². The van der Waals surface area contributed by atoms with Crippen LogP contribution in [0.3, 0.4) is 0 Å². The minimum atomic E-state index is -0.938. The van der Waals surface area contributed by atoms with Crippen molar-refractivity contribution < 1.29 is 33.4 Å². The van der Waals surface area contributed by atoms with Crippen molar-refractivity contribution in [3.8, 4) is 11.1 Å². The molecule has 0 fully saturated rings. The third kappa shape index (κ3) is 8.73. The van der Waals surface area contributed by atoms with Gasteiger partial charge in [0.2, 0.25) is 5.91 Å². The number of methoxy groups -OCH3 is 1. The van der Waals surface area contributed by atoms with Crippen LogP contribution < -0.4 is 16.0 Å². The van der Waals surface area contributed by atoms with Gasteiger partial charge in [0.05, 0.1) is 7.11 Å². The molecule has 0 saturated carbocycles. The molecule has 10 heteroatoms. The first-order valence-electron chi connectivity index (χ1n) is 13.0. The molecular weight excluding hydrogens is 502 g/mol. The molecular formula is C29H37N3O7. The van der Waals surface area contributed by atoms with E-state index in [1.54, 1.807) is 20.8 Å². The quantitative estimate of drug-likeness (QED) is 0.224. The summed E-state index contributed by atoms with van der Waals surface area (Å²) < 4.78 is 15.3. The van der Waals surface area contributed by atoms with Crippen LogP contribution in [0.15, 0.2) is 48.5 Å². The van der Waals surface area contributed by atoms with Crippen LogP contribution >= 0.6 is 0 Å². The van der Waals surface area contributed by atoms with Crippen LogP contribution in [0.4, 0.5) is 9.59 Å². The number of nitrogens with one attached hydrogen (secondary N) is 3. The minimum Gasteiger partial charge on any atom is -0.468 e. The fourth-order valence-corrected chi connectivity index (χ4v) is 4.38. The van der Waals surface area contributed by atoms with Gasteiger partial charge in [-0.1, -0.05) is 48.5 Å². The minimum absolute atomic E-state index is 0.107. The standard InChI is InChI=1S/C29H37N3O7/c1-29(2,3)39-27(35)30-16-10-9-15-24(26(34)31-17-25(33)37-4)32-28(36)38-18-23-21-13-7-5-11-19(21)20-12-6-8-14-22(20)23/h5-8,11-14,23-24H,9-10,15-18H2,1-4H3,(H,30,35)(H,31,34)(H,32,36)/t24-/m0/s1. The maximum absolute atomic E-state index is 12.8. The van der Waals surface area contributed by atoms with Crippen molar-refractivity contribution in [1.82, 2.24) is 16.0 Å². The molecule has 0 saturated heterocycles. The van der Waals surface area contributed by atoms with Gasteiger partial charge >= 0.3 is 18.2 Å². The van der Waals surface area contributed by atoms with Gasteiger partial charge in [-0.2, -0.15) is 0 Å². The van der Waals surface area contributed by atoms with E-state index in [0.717, 1.165) is 22.3 Å². The molecule has 3 N–H and O–H groups in total.